The van der Waals surface area contributed by atoms with Crippen LogP contribution < -0.4 is 15.6 Å². The number of hydrogen-bond donors (Lipinski definition) is 1. The van der Waals surface area contributed by atoms with Gasteiger partial charge in [-0.05, 0) is 32.0 Å². The van der Waals surface area contributed by atoms with Gasteiger partial charge in [0.25, 0.3) is 11.5 Å². The minimum Gasteiger partial charge on any atom is -0.483 e. The Bertz CT molecular complexity index is 996. The van der Waals surface area contributed by atoms with E-state index in [0.717, 1.165) is 5.69 Å². The predicted octanol–water partition coefficient (Wildman–Crippen LogP) is 2.82. The minimum atomic E-state index is -0.300. The van der Waals surface area contributed by atoms with Crippen LogP contribution in [0.1, 0.15) is 12.6 Å². The van der Waals surface area contributed by atoms with Crippen molar-refractivity contribution in [1.29, 1.82) is 0 Å². The van der Waals surface area contributed by atoms with Crippen LogP contribution >= 0.6 is 11.3 Å². The van der Waals surface area contributed by atoms with Crippen LogP contribution in [-0.2, 0) is 16.1 Å². The van der Waals surface area contributed by atoms with E-state index in [9.17, 15) is 9.59 Å². The second-order valence-electron chi connectivity index (χ2n) is 5.86. The molecule has 0 aliphatic heterocycles. The number of thiazole rings is 1. The quantitative estimate of drug-likeness (QED) is 0.601. The van der Waals surface area contributed by atoms with Crippen molar-refractivity contribution in [1.82, 2.24) is 9.55 Å². The highest BCUT2D eigenvalue weighted by Gasteiger charge is 2.10. The van der Waals surface area contributed by atoms with Gasteiger partial charge in [0, 0.05) is 30.1 Å². The molecule has 1 amide bonds. The van der Waals surface area contributed by atoms with Gasteiger partial charge in [-0.15, -0.1) is 11.3 Å². The monoisotopic (exact) mass is 387 g/mol. The molecule has 0 bridgehead atoms. The summed E-state index contributed by atoms with van der Waals surface area (Å²) in [5.74, 6) is 0.193. The molecule has 0 atom stereocenters. The number of anilines is 1. The summed E-state index contributed by atoms with van der Waals surface area (Å²) in [6.45, 7) is 5.20. The third-order valence-corrected chi connectivity index (χ3v) is 4.76. The largest absolute Gasteiger partial charge is 0.483 e. The van der Waals surface area contributed by atoms with Gasteiger partial charge in [0.2, 0.25) is 0 Å². The van der Waals surface area contributed by atoms with E-state index < -0.39 is 0 Å². The smallest absolute Gasteiger partial charge is 0.264 e. The third kappa shape index (κ3) is 4.72. The molecule has 0 fully saturated rings. The SMILES string of the molecule is CCOCCn1ccc2c(OCC(=O)Nc3nc(C)cs3)cccc2c1=O. The fourth-order valence-corrected chi connectivity index (χ4v) is 3.31. The Kier molecular flexibility index (Phi) is 6.20. The minimum absolute atomic E-state index is 0.111. The molecule has 0 radical (unpaired) electrons. The van der Waals surface area contributed by atoms with E-state index in [1.165, 1.54) is 11.3 Å². The number of amides is 1. The number of carbonyl (C=O) groups excluding carboxylic acids is 1. The number of nitrogens with zero attached hydrogens (tertiary/aromatic N) is 2. The van der Waals surface area contributed by atoms with Crippen LogP contribution in [0.15, 0.2) is 40.6 Å². The normalized spacial score (nSPS) is 10.9. The van der Waals surface area contributed by atoms with Gasteiger partial charge < -0.3 is 14.0 Å². The van der Waals surface area contributed by atoms with Gasteiger partial charge in [-0.25, -0.2) is 4.98 Å². The zero-order chi connectivity index (χ0) is 19.2. The topological polar surface area (TPSA) is 82.4 Å². The highest BCUT2D eigenvalue weighted by molar-refractivity contribution is 7.13. The first-order chi connectivity index (χ1) is 13.1. The maximum Gasteiger partial charge on any atom is 0.264 e. The van der Waals surface area contributed by atoms with Crippen molar-refractivity contribution in [2.45, 2.75) is 20.4 Å². The van der Waals surface area contributed by atoms with E-state index in [4.69, 9.17) is 9.47 Å². The number of nitrogens with one attached hydrogen (secondary N) is 1. The number of pyridine rings is 1. The lowest BCUT2D eigenvalue weighted by atomic mass is 10.1. The second-order valence-corrected chi connectivity index (χ2v) is 6.72. The third-order valence-electron chi connectivity index (χ3n) is 3.88. The number of aromatic nitrogens is 2. The van der Waals surface area contributed by atoms with E-state index in [0.29, 0.717) is 41.4 Å². The molecular weight excluding hydrogens is 366 g/mol. The highest BCUT2D eigenvalue weighted by Crippen LogP contribution is 2.23. The second kappa shape index (κ2) is 8.79. The first-order valence-corrected chi connectivity index (χ1v) is 9.51. The van der Waals surface area contributed by atoms with Crippen LogP contribution in [-0.4, -0.2) is 35.3 Å². The Morgan fingerprint density at radius 2 is 2.15 bits per heavy atom. The van der Waals surface area contributed by atoms with Crippen LogP contribution in [0, 0.1) is 6.92 Å². The number of fused-ring (bicyclic) bond motifs is 1. The molecule has 0 saturated heterocycles. The van der Waals surface area contributed by atoms with Crippen molar-refractivity contribution in [2.75, 3.05) is 25.1 Å². The van der Waals surface area contributed by atoms with Gasteiger partial charge in [-0.1, -0.05) is 6.07 Å². The van der Waals surface area contributed by atoms with Crippen molar-refractivity contribution in [2.24, 2.45) is 0 Å². The molecular formula is C19H21N3O4S. The Labute approximate surface area is 160 Å². The Morgan fingerprint density at radius 3 is 2.89 bits per heavy atom. The molecule has 7 nitrogen and oxygen atoms in total. The molecule has 0 unspecified atom stereocenters. The molecule has 0 spiro atoms. The lowest BCUT2D eigenvalue weighted by Crippen LogP contribution is -2.22. The van der Waals surface area contributed by atoms with Crippen molar-refractivity contribution in [3.05, 3.63) is 51.9 Å². The van der Waals surface area contributed by atoms with E-state index in [2.05, 4.69) is 10.3 Å². The molecule has 142 valence electrons. The summed E-state index contributed by atoms with van der Waals surface area (Å²) in [5.41, 5.74) is 0.742. The average Bonchev–Trinajstić information content (AvgIpc) is 3.06. The summed E-state index contributed by atoms with van der Waals surface area (Å²) in [7, 11) is 0. The molecule has 1 N–H and O–H groups in total. The molecule has 2 aromatic heterocycles. The van der Waals surface area contributed by atoms with Crippen LogP contribution in [0.4, 0.5) is 5.13 Å². The van der Waals surface area contributed by atoms with Gasteiger partial charge in [0.1, 0.15) is 5.75 Å². The van der Waals surface area contributed by atoms with Gasteiger partial charge in [-0.3, -0.25) is 14.9 Å². The summed E-state index contributed by atoms with van der Waals surface area (Å²) in [6, 6.07) is 7.06. The predicted molar refractivity (Wildman–Crippen MR) is 106 cm³/mol. The average molecular weight is 387 g/mol. The molecule has 2 heterocycles. The number of hydrogen-bond acceptors (Lipinski definition) is 6. The molecule has 0 aliphatic carbocycles. The number of carbonyl (C=O) groups is 1. The van der Waals surface area contributed by atoms with Crippen molar-refractivity contribution < 1.29 is 14.3 Å². The summed E-state index contributed by atoms with van der Waals surface area (Å²) in [4.78, 5) is 28.9. The van der Waals surface area contributed by atoms with Crippen molar-refractivity contribution >= 4 is 33.1 Å². The standard InChI is InChI=1S/C19H21N3O4S/c1-3-25-10-9-22-8-7-14-15(18(22)24)5-4-6-16(14)26-11-17(23)21-19-20-13(2)12-27-19/h4-8,12H,3,9-11H2,1-2H3,(H,20,21,23). The Hall–Kier alpha value is -2.71. The molecule has 0 saturated carbocycles. The summed E-state index contributed by atoms with van der Waals surface area (Å²) >= 11 is 1.36. The fourth-order valence-electron chi connectivity index (χ4n) is 2.61. The highest BCUT2D eigenvalue weighted by atomic mass is 32.1. The number of ether oxygens (including phenoxy) is 2. The van der Waals surface area contributed by atoms with E-state index in [-0.39, 0.29) is 18.1 Å². The maximum atomic E-state index is 12.6. The maximum absolute atomic E-state index is 12.6. The molecule has 3 rings (SSSR count). The Morgan fingerprint density at radius 1 is 1.30 bits per heavy atom. The summed E-state index contributed by atoms with van der Waals surface area (Å²) in [5, 5.41) is 6.31. The van der Waals surface area contributed by atoms with Gasteiger partial charge in [0.05, 0.1) is 17.7 Å². The number of benzene rings is 1. The Balaban J connectivity index is 1.72. The first-order valence-electron chi connectivity index (χ1n) is 8.63. The lowest BCUT2D eigenvalue weighted by Gasteiger charge is -2.11. The lowest BCUT2D eigenvalue weighted by molar-refractivity contribution is -0.118. The van der Waals surface area contributed by atoms with Gasteiger partial charge in [0.15, 0.2) is 11.7 Å². The van der Waals surface area contributed by atoms with Gasteiger partial charge >= 0.3 is 0 Å². The zero-order valence-electron chi connectivity index (χ0n) is 15.2. The summed E-state index contributed by atoms with van der Waals surface area (Å²) < 4.78 is 12.6. The van der Waals surface area contributed by atoms with Crippen molar-refractivity contribution in [3.8, 4) is 5.75 Å². The van der Waals surface area contributed by atoms with Crippen LogP contribution in [0.25, 0.3) is 10.8 Å². The van der Waals surface area contributed by atoms with Gasteiger partial charge in [-0.2, -0.15) is 0 Å². The van der Waals surface area contributed by atoms with Crippen LogP contribution in [0.2, 0.25) is 0 Å². The number of rotatable bonds is 8. The first kappa shape index (κ1) is 19.1. The van der Waals surface area contributed by atoms with E-state index >= 15 is 0 Å². The van der Waals surface area contributed by atoms with E-state index in [1.807, 2.05) is 25.3 Å². The summed E-state index contributed by atoms with van der Waals surface area (Å²) in [6.07, 6.45) is 1.72. The molecule has 3 aromatic rings. The van der Waals surface area contributed by atoms with Crippen LogP contribution in [0.3, 0.4) is 0 Å². The number of aryl methyl sites for hydroxylation is 1. The fraction of sp³-hybridized carbons (Fsp3) is 0.316. The van der Waals surface area contributed by atoms with E-state index in [1.54, 1.807) is 29.0 Å². The molecule has 8 heteroatoms. The molecule has 1 aromatic carbocycles. The molecule has 0 aliphatic rings. The molecule has 27 heavy (non-hydrogen) atoms. The van der Waals surface area contributed by atoms with Crippen molar-refractivity contribution in [3.63, 3.8) is 0 Å². The van der Waals surface area contributed by atoms with Crippen LogP contribution in [0.5, 0.6) is 5.75 Å². The zero-order valence-corrected chi connectivity index (χ0v) is 16.0.